The molecule has 1 heterocycles. The fourth-order valence-corrected chi connectivity index (χ4v) is 3.18. The summed E-state index contributed by atoms with van der Waals surface area (Å²) in [5.41, 5.74) is 0.423. The van der Waals surface area contributed by atoms with E-state index >= 15 is 0 Å². The minimum atomic E-state index is -4.80. The molecular formula is C15H18F3N3O3. The summed E-state index contributed by atoms with van der Waals surface area (Å²) in [6, 6.07) is 3.09. The highest BCUT2D eigenvalue weighted by Crippen LogP contribution is 2.44. The average molecular weight is 345 g/mol. The van der Waals surface area contributed by atoms with E-state index in [4.69, 9.17) is 4.74 Å². The van der Waals surface area contributed by atoms with Crippen LogP contribution in [-0.4, -0.2) is 38.6 Å². The van der Waals surface area contributed by atoms with Crippen LogP contribution in [0.4, 0.5) is 23.7 Å². The lowest BCUT2D eigenvalue weighted by Gasteiger charge is -2.54. The van der Waals surface area contributed by atoms with Gasteiger partial charge >= 0.3 is 12.4 Å². The van der Waals surface area contributed by atoms with Gasteiger partial charge in [-0.1, -0.05) is 0 Å². The molecule has 132 valence electrons. The summed E-state index contributed by atoms with van der Waals surface area (Å²) in [5.74, 6) is -0.185. The smallest absolute Gasteiger partial charge is 0.495 e. The van der Waals surface area contributed by atoms with Crippen molar-refractivity contribution in [2.75, 3.05) is 25.5 Å². The minimum absolute atomic E-state index is 0.0766. The highest BCUT2D eigenvalue weighted by atomic mass is 19.4. The standard InChI is InChI=1S/C15H18F3N3O3/c1-23-12-3-2-10(24-15(16,17)18)4-11(12)21-13(22)20-9-5-14(6-9)7-19-8-14/h2-4,9,19H,5-8H2,1H3,(H2,20,21,22). The van der Waals surface area contributed by atoms with Crippen LogP contribution in [0.3, 0.4) is 0 Å². The first-order valence-electron chi connectivity index (χ1n) is 7.51. The molecule has 6 nitrogen and oxygen atoms in total. The van der Waals surface area contributed by atoms with Gasteiger partial charge < -0.3 is 25.4 Å². The van der Waals surface area contributed by atoms with E-state index < -0.39 is 18.1 Å². The number of methoxy groups -OCH3 is 1. The zero-order chi connectivity index (χ0) is 17.4. The highest BCUT2D eigenvalue weighted by molar-refractivity contribution is 5.91. The molecular weight excluding hydrogens is 327 g/mol. The SMILES string of the molecule is COc1ccc(OC(F)(F)F)cc1NC(=O)NC1CC2(CNC2)C1. The molecule has 3 rings (SSSR count). The number of amides is 2. The number of halogens is 3. The van der Waals surface area contributed by atoms with Crippen molar-refractivity contribution >= 4 is 11.7 Å². The maximum Gasteiger partial charge on any atom is 0.573 e. The van der Waals surface area contributed by atoms with Crippen molar-refractivity contribution in [2.24, 2.45) is 5.41 Å². The number of urea groups is 1. The molecule has 0 radical (unpaired) electrons. The molecule has 1 saturated carbocycles. The maximum atomic E-state index is 12.3. The van der Waals surface area contributed by atoms with Gasteiger partial charge in [0.05, 0.1) is 12.8 Å². The molecule has 0 bridgehead atoms. The summed E-state index contributed by atoms with van der Waals surface area (Å²) in [5, 5.41) is 8.53. The van der Waals surface area contributed by atoms with Crippen molar-refractivity contribution in [1.29, 1.82) is 0 Å². The molecule has 1 aliphatic carbocycles. The second-order valence-electron chi connectivity index (χ2n) is 6.22. The van der Waals surface area contributed by atoms with E-state index in [1.165, 1.54) is 13.2 Å². The topological polar surface area (TPSA) is 71.6 Å². The summed E-state index contributed by atoms with van der Waals surface area (Å²) >= 11 is 0. The molecule has 1 spiro atoms. The summed E-state index contributed by atoms with van der Waals surface area (Å²) in [4.78, 5) is 12.0. The molecule has 2 fully saturated rings. The maximum absolute atomic E-state index is 12.3. The van der Waals surface area contributed by atoms with Crippen LogP contribution in [0.1, 0.15) is 12.8 Å². The third-order valence-electron chi connectivity index (χ3n) is 4.35. The third-order valence-corrected chi connectivity index (χ3v) is 4.35. The van der Waals surface area contributed by atoms with Gasteiger partial charge in [0, 0.05) is 25.2 Å². The quantitative estimate of drug-likeness (QED) is 0.784. The zero-order valence-electron chi connectivity index (χ0n) is 13.0. The monoisotopic (exact) mass is 345 g/mol. The number of anilines is 1. The van der Waals surface area contributed by atoms with Crippen molar-refractivity contribution in [2.45, 2.75) is 25.2 Å². The second kappa shape index (κ2) is 6.04. The normalized spacial score (nSPS) is 19.2. The van der Waals surface area contributed by atoms with Gasteiger partial charge in [-0.2, -0.15) is 0 Å². The Morgan fingerprint density at radius 2 is 2.04 bits per heavy atom. The van der Waals surface area contributed by atoms with Crippen LogP contribution < -0.4 is 25.4 Å². The number of hydrogen-bond donors (Lipinski definition) is 3. The van der Waals surface area contributed by atoms with Crippen LogP contribution in [-0.2, 0) is 0 Å². The molecule has 0 aromatic heterocycles. The highest BCUT2D eigenvalue weighted by Gasteiger charge is 2.48. The number of rotatable bonds is 4. The van der Waals surface area contributed by atoms with E-state index in [1.807, 2.05) is 0 Å². The Morgan fingerprint density at radius 3 is 2.58 bits per heavy atom. The van der Waals surface area contributed by atoms with E-state index in [0.29, 0.717) is 5.41 Å². The Balaban J connectivity index is 1.60. The van der Waals surface area contributed by atoms with Gasteiger partial charge in [0.15, 0.2) is 0 Å². The zero-order valence-corrected chi connectivity index (χ0v) is 13.0. The van der Waals surface area contributed by atoms with E-state index in [9.17, 15) is 18.0 Å². The number of carbonyl (C=O) groups excluding carboxylic acids is 1. The largest absolute Gasteiger partial charge is 0.573 e. The Morgan fingerprint density at radius 1 is 1.33 bits per heavy atom. The van der Waals surface area contributed by atoms with Crippen molar-refractivity contribution in [3.63, 3.8) is 0 Å². The van der Waals surface area contributed by atoms with Gasteiger partial charge in [-0.3, -0.25) is 0 Å². The van der Waals surface area contributed by atoms with Crippen LogP contribution in [0.2, 0.25) is 0 Å². The van der Waals surface area contributed by atoms with Crippen molar-refractivity contribution in [1.82, 2.24) is 10.6 Å². The first kappa shape index (κ1) is 16.7. The number of ether oxygens (including phenoxy) is 2. The predicted molar refractivity (Wildman–Crippen MR) is 80.2 cm³/mol. The molecule has 1 saturated heterocycles. The fourth-order valence-electron chi connectivity index (χ4n) is 3.18. The Bertz CT molecular complexity index is 624. The van der Waals surface area contributed by atoms with Crippen LogP contribution in [0, 0.1) is 5.41 Å². The van der Waals surface area contributed by atoms with Crippen LogP contribution in [0.25, 0.3) is 0 Å². The molecule has 1 aromatic carbocycles. The lowest BCUT2D eigenvalue weighted by atomic mass is 9.62. The molecule has 2 aliphatic rings. The van der Waals surface area contributed by atoms with E-state index in [2.05, 4.69) is 20.7 Å². The second-order valence-corrected chi connectivity index (χ2v) is 6.22. The van der Waals surface area contributed by atoms with E-state index in [1.54, 1.807) is 0 Å². The van der Waals surface area contributed by atoms with Gasteiger partial charge in [-0.05, 0) is 30.4 Å². The van der Waals surface area contributed by atoms with Crippen LogP contribution in [0.15, 0.2) is 18.2 Å². The number of alkyl halides is 3. The Kier molecular flexibility index (Phi) is 4.20. The Hall–Kier alpha value is -2.16. The molecule has 1 aliphatic heterocycles. The molecule has 2 amide bonds. The van der Waals surface area contributed by atoms with Crippen molar-refractivity contribution in [3.05, 3.63) is 18.2 Å². The summed E-state index contributed by atoms with van der Waals surface area (Å²) in [6.07, 6.45) is -2.99. The summed E-state index contributed by atoms with van der Waals surface area (Å²) < 4.78 is 45.8. The van der Waals surface area contributed by atoms with Crippen molar-refractivity contribution < 1.29 is 27.4 Å². The summed E-state index contributed by atoms with van der Waals surface area (Å²) in [7, 11) is 1.36. The first-order valence-corrected chi connectivity index (χ1v) is 7.51. The predicted octanol–water partition coefficient (Wildman–Crippen LogP) is 2.47. The van der Waals surface area contributed by atoms with Gasteiger partial charge in [0.2, 0.25) is 0 Å². The summed E-state index contributed by atoms with van der Waals surface area (Å²) in [6.45, 7) is 1.94. The van der Waals surface area contributed by atoms with Gasteiger partial charge in [-0.15, -0.1) is 13.2 Å². The van der Waals surface area contributed by atoms with Crippen LogP contribution in [0.5, 0.6) is 11.5 Å². The van der Waals surface area contributed by atoms with Crippen LogP contribution >= 0.6 is 0 Å². The number of hydrogen-bond acceptors (Lipinski definition) is 4. The molecule has 9 heteroatoms. The van der Waals surface area contributed by atoms with Gasteiger partial charge in [-0.25, -0.2) is 4.79 Å². The average Bonchev–Trinajstić information content (AvgIpc) is 2.38. The lowest BCUT2D eigenvalue weighted by molar-refractivity contribution is -0.274. The molecule has 0 unspecified atom stereocenters. The van der Waals surface area contributed by atoms with Gasteiger partial charge in [0.1, 0.15) is 11.5 Å². The molecule has 1 aromatic rings. The number of benzene rings is 1. The van der Waals surface area contributed by atoms with Gasteiger partial charge in [0.25, 0.3) is 0 Å². The van der Waals surface area contributed by atoms with Crippen molar-refractivity contribution in [3.8, 4) is 11.5 Å². The first-order chi connectivity index (χ1) is 11.3. The minimum Gasteiger partial charge on any atom is -0.495 e. The third kappa shape index (κ3) is 3.66. The number of carbonyl (C=O) groups is 1. The van der Waals surface area contributed by atoms with E-state index in [0.717, 1.165) is 38.1 Å². The molecule has 0 atom stereocenters. The van der Waals surface area contributed by atoms with E-state index in [-0.39, 0.29) is 17.5 Å². The molecule has 3 N–H and O–H groups in total. The molecule has 24 heavy (non-hydrogen) atoms. The Labute approximate surface area is 136 Å². The fraction of sp³-hybridized carbons (Fsp3) is 0.533. The lowest BCUT2D eigenvalue weighted by Crippen LogP contribution is -2.65. The number of nitrogens with one attached hydrogen (secondary N) is 3.